The van der Waals surface area contributed by atoms with Gasteiger partial charge < -0.3 is 5.32 Å². The molecule has 2 aromatic rings. The maximum Gasteiger partial charge on any atom is 0.231 e. The first kappa shape index (κ1) is 12.8. The van der Waals surface area contributed by atoms with E-state index in [-0.39, 0.29) is 11.8 Å². The molecule has 0 saturated carbocycles. The summed E-state index contributed by atoms with van der Waals surface area (Å²) < 4.78 is 0.952. The fourth-order valence-electron chi connectivity index (χ4n) is 1.71. The Morgan fingerprint density at radius 3 is 2.50 bits per heavy atom. The zero-order valence-electron chi connectivity index (χ0n) is 10.1. The third kappa shape index (κ3) is 3.20. The van der Waals surface area contributed by atoms with Crippen LogP contribution in [0.1, 0.15) is 18.4 Å². The van der Waals surface area contributed by atoms with Gasteiger partial charge in [0.25, 0.3) is 0 Å². The average Bonchev–Trinajstić information content (AvgIpc) is 2.39. The molecule has 0 aliphatic rings. The van der Waals surface area contributed by atoms with Gasteiger partial charge in [0, 0.05) is 10.2 Å². The molecular formula is C15H14BrNO. The van der Waals surface area contributed by atoms with Crippen LogP contribution >= 0.6 is 15.9 Å². The summed E-state index contributed by atoms with van der Waals surface area (Å²) in [5.74, 6) is -0.163. The Morgan fingerprint density at radius 1 is 1.11 bits per heavy atom. The molecule has 0 unspecified atom stereocenters. The fraction of sp³-hybridized carbons (Fsp3) is 0.133. The minimum atomic E-state index is -0.162. The Kier molecular flexibility index (Phi) is 4.15. The molecule has 0 aliphatic carbocycles. The highest BCUT2D eigenvalue weighted by Gasteiger charge is 2.14. The third-order valence-electron chi connectivity index (χ3n) is 2.79. The van der Waals surface area contributed by atoms with Crippen LogP contribution in [0.4, 0.5) is 5.69 Å². The van der Waals surface area contributed by atoms with Crippen molar-refractivity contribution >= 4 is 27.5 Å². The summed E-state index contributed by atoms with van der Waals surface area (Å²) in [5, 5.41) is 2.91. The zero-order valence-corrected chi connectivity index (χ0v) is 11.6. The van der Waals surface area contributed by atoms with Crippen LogP contribution in [0.2, 0.25) is 0 Å². The van der Waals surface area contributed by atoms with Crippen molar-refractivity contribution in [2.24, 2.45) is 0 Å². The highest BCUT2D eigenvalue weighted by Crippen LogP contribution is 2.19. The van der Waals surface area contributed by atoms with E-state index < -0.39 is 0 Å². The Morgan fingerprint density at radius 2 is 1.83 bits per heavy atom. The van der Waals surface area contributed by atoms with Gasteiger partial charge >= 0.3 is 0 Å². The first-order valence-corrected chi connectivity index (χ1v) is 6.57. The summed E-state index contributed by atoms with van der Waals surface area (Å²) in [7, 11) is 0. The average molecular weight is 304 g/mol. The standard InChI is InChI=1S/C15H14BrNO/c1-11(12-6-3-2-4-7-12)15(18)17-14-9-5-8-13(16)10-14/h2-11H,1H3,(H,17,18)/t11-/m1/s1. The second kappa shape index (κ2) is 5.83. The smallest absolute Gasteiger partial charge is 0.231 e. The van der Waals surface area contributed by atoms with Gasteiger partial charge in [0.15, 0.2) is 0 Å². The van der Waals surface area contributed by atoms with Crippen molar-refractivity contribution in [1.82, 2.24) is 0 Å². The number of amides is 1. The highest BCUT2D eigenvalue weighted by atomic mass is 79.9. The quantitative estimate of drug-likeness (QED) is 0.905. The second-order valence-corrected chi connectivity index (χ2v) is 5.05. The van der Waals surface area contributed by atoms with Crippen molar-refractivity contribution in [3.05, 3.63) is 64.6 Å². The SMILES string of the molecule is C[C@@H](C(=O)Nc1cccc(Br)c1)c1ccccc1. The molecule has 2 nitrogen and oxygen atoms in total. The van der Waals surface area contributed by atoms with Crippen LogP contribution in [0.5, 0.6) is 0 Å². The van der Waals surface area contributed by atoms with Gasteiger partial charge in [0.05, 0.1) is 5.92 Å². The molecule has 18 heavy (non-hydrogen) atoms. The summed E-state index contributed by atoms with van der Waals surface area (Å²) in [5.41, 5.74) is 1.82. The van der Waals surface area contributed by atoms with Gasteiger partial charge in [-0.05, 0) is 30.7 Å². The topological polar surface area (TPSA) is 29.1 Å². The second-order valence-electron chi connectivity index (χ2n) is 4.13. The molecule has 0 radical (unpaired) electrons. The minimum absolute atomic E-state index is 0.000648. The molecule has 1 N–H and O–H groups in total. The van der Waals surface area contributed by atoms with E-state index in [0.717, 1.165) is 15.7 Å². The predicted octanol–water partition coefficient (Wildman–Crippen LogP) is 4.19. The first-order valence-electron chi connectivity index (χ1n) is 5.78. The number of carbonyl (C=O) groups excluding carboxylic acids is 1. The van der Waals surface area contributed by atoms with E-state index in [1.54, 1.807) is 0 Å². The van der Waals surface area contributed by atoms with Gasteiger partial charge in [-0.3, -0.25) is 4.79 Å². The normalized spacial score (nSPS) is 11.9. The lowest BCUT2D eigenvalue weighted by atomic mass is 10.0. The van der Waals surface area contributed by atoms with E-state index in [1.165, 1.54) is 0 Å². The molecule has 0 spiro atoms. The summed E-state index contributed by atoms with van der Waals surface area (Å²) in [6.07, 6.45) is 0. The summed E-state index contributed by atoms with van der Waals surface area (Å²) in [6.45, 7) is 1.91. The number of halogens is 1. The minimum Gasteiger partial charge on any atom is -0.326 e. The van der Waals surface area contributed by atoms with Gasteiger partial charge in [-0.15, -0.1) is 0 Å². The van der Waals surface area contributed by atoms with E-state index in [9.17, 15) is 4.79 Å². The Hall–Kier alpha value is -1.61. The Labute approximate surface area is 115 Å². The lowest BCUT2D eigenvalue weighted by Gasteiger charge is -2.12. The molecule has 1 atom stereocenters. The number of benzene rings is 2. The summed E-state index contributed by atoms with van der Waals surface area (Å²) in [4.78, 5) is 12.1. The lowest BCUT2D eigenvalue weighted by molar-refractivity contribution is -0.117. The third-order valence-corrected chi connectivity index (χ3v) is 3.28. The number of hydrogen-bond acceptors (Lipinski definition) is 1. The van der Waals surface area contributed by atoms with E-state index in [0.29, 0.717) is 0 Å². The number of anilines is 1. The van der Waals surface area contributed by atoms with E-state index in [4.69, 9.17) is 0 Å². The molecule has 0 aromatic heterocycles. The van der Waals surface area contributed by atoms with Crippen molar-refractivity contribution in [3.8, 4) is 0 Å². The van der Waals surface area contributed by atoms with Gasteiger partial charge in [-0.2, -0.15) is 0 Å². The molecule has 0 bridgehead atoms. The monoisotopic (exact) mass is 303 g/mol. The molecule has 3 heteroatoms. The molecule has 1 amide bonds. The van der Waals surface area contributed by atoms with Crippen LogP contribution in [-0.2, 0) is 4.79 Å². The highest BCUT2D eigenvalue weighted by molar-refractivity contribution is 9.10. The van der Waals surface area contributed by atoms with Crippen LogP contribution in [0.25, 0.3) is 0 Å². The van der Waals surface area contributed by atoms with Crippen molar-refractivity contribution in [2.75, 3.05) is 5.32 Å². The number of rotatable bonds is 3. The van der Waals surface area contributed by atoms with Gasteiger partial charge in [0.1, 0.15) is 0 Å². The predicted molar refractivity (Wildman–Crippen MR) is 77.6 cm³/mol. The molecule has 2 aromatic carbocycles. The first-order chi connectivity index (χ1) is 8.66. The maximum absolute atomic E-state index is 12.1. The van der Waals surface area contributed by atoms with Crippen LogP contribution in [-0.4, -0.2) is 5.91 Å². The lowest BCUT2D eigenvalue weighted by Crippen LogP contribution is -2.18. The van der Waals surface area contributed by atoms with E-state index in [1.807, 2.05) is 61.5 Å². The molecular weight excluding hydrogens is 290 g/mol. The molecule has 2 rings (SSSR count). The number of hydrogen-bond donors (Lipinski definition) is 1. The number of carbonyl (C=O) groups is 1. The maximum atomic E-state index is 12.1. The van der Waals surface area contributed by atoms with Crippen molar-refractivity contribution in [3.63, 3.8) is 0 Å². The summed E-state index contributed by atoms with van der Waals surface area (Å²) >= 11 is 3.38. The summed E-state index contributed by atoms with van der Waals surface area (Å²) in [6, 6.07) is 17.3. The number of nitrogens with one attached hydrogen (secondary N) is 1. The molecule has 0 fully saturated rings. The van der Waals surface area contributed by atoms with Crippen LogP contribution < -0.4 is 5.32 Å². The zero-order chi connectivity index (χ0) is 13.0. The largest absolute Gasteiger partial charge is 0.326 e. The molecule has 0 aliphatic heterocycles. The molecule has 0 heterocycles. The van der Waals surface area contributed by atoms with Crippen molar-refractivity contribution in [1.29, 1.82) is 0 Å². The van der Waals surface area contributed by atoms with Gasteiger partial charge in [0.2, 0.25) is 5.91 Å². The van der Waals surface area contributed by atoms with Crippen LogP contribution in [0.3, 0.4) is 0 Å². The van der Waals surface area contributed by atoms with E-state index >= 15 is 0 Å². The Bertz CT molecular complexity index is 539. The van der Waals surface area contributed by atoms with Gasteiger partial charge in [-0.25, -0.2) is 0 Å². The molecule has 0 saturated heterocycles. The molecule has 92 valence electrons. The van der Waals surface area contributed by atoms with Crippen molar-refractivity contribution in [2.45, 2.75) is 12.8 Å². The Balaban J connectivity index is 2.09. The van der Waals surface area contributed by atoms with Crippen molar-refractivity contribution < 1.29 is 4.79 Å². The van der Waals surface area contributed by atoms with Crippen LogP contribution in [0, 0.1) is 0 Å². The van der Waals surface area contributed by atoms with Gasteiger partial charge in [-0.1, -0.05) is 52.3 Å². The van der Waals surface area contributed by atoms with E-state index in [2.05, 4.69) is 21.2 Å². The van der Waals surface area contributed by atoms with Crippen LogP contribution in [0.15, 0.2) is 59.1 Å². The fourth-order valence-corrected chi connectivity index (χ4v) is 2.11.